The van der Waals surface area contributed by atoms with Crippen molar-refractivity contribution in [2.45, 2.75) is 12.5 Å². The van der Waals surface area contributed by atoms with Crippen LogP contribution in [0.3, 0.4) is 0 Å². The Hall–Kier alpha value is -1.69. The molecule has 1 N–H and O–H groups in total. The third-order valence-corrected chi connectivity index (χ3v) is 2.65. The monoisotopic (exact) mass is 226 g/mol. The minimum absolute atomic E-state index is 0.238. The number of hydrogen-bond donors (Lipinski definition) is 1. The van der Waals surface area contributed by atoms with Crippen molar-refractivity contribution in [3.8, 4) is 0 Å². The van der Waals surface area contributed by atoms with Gasteiger partial charge in [-0.15, -0.1) is 0 Å². The van der Waals surface area contributed by atoms with Crippen LogP contribution in [0, 0.1) is 15.9 Å². The molecule has 1 aliphatic heterocycles. The molecule has 0 amide bonds. The Kier molecular flexibility index (Phi) is 2.74. The molecule has 0 spiro atoms. The first-order chi connectivity index (χ1) is 7.59. The lowest BCUT2D eigenvalue weighted by atomic mass is 10.2. The summed E-state index contributed by atoms with van der Waals surface area (Å²) >= 11 is 0. The zero-order chi connectivity index (χ0) is 11.7. The summed E-state index contributed by atoms with van der Waals surface area (Å²) in [5.41, 5.74) is -0.279. The van der Waals surface area contributed by atoms with Gasteiger partial charge < -0.3 is 10.0 Å². The summed E-state index contributed by atoms with van der Waals surface area (Å²) in [7, 11) is 0. The zero-order valence-corrected chi connectivity index (χ0v) is 8.47. The molecular formula is C10H11FN2O3. The molecule has 1 aromatic carbocycles. The molecule has 6 heteroatoms. The van der Waals surface area contributed by atoms with Crippen LogP contribution in [-0.4, -0.2) is 29.2 Å². The van der Waals surface area contributed by atoms with Crippen molar-refractivity contribution in [1.29, 1.82) is 0 Å². The van der Waals surface area contributed by atoms with E-state index in [1.165, 1.54) is 12.1 Å². The van der Waals surface area contributed by atoms with Gasteiger partial charge in [-0.1, -0.05) is 6.07 Å². The first-order valence-corrected chi connectivity index (χ1v) is 4.95. The van der Waals surface area contributed by atoms with Gasteiger partial charge in [0.15, 0.2) is 0 Å². The first kappa shape index (κ1) is 10.8. The minimum Gasteiger partial charge on any atom is -0.391 e. The summed E-state index contributed by atoms with van der Waals surface area (Å²) in [6, 6.07) is 4.00. The molecule has 5 nitrogen and oxygen atoms in total. The van der Waals surface area contributed by atoms with Gasteiger partial charge in [0.2, 0.25) is 5.82 Å². The number of benzene rings is 1. The van der Waals surface area contributed by atoms with Crippen LogP contribution < -0.4 is 4.90 Å². The predicted molar refractivity (Wildman–Crippen MR) is 55.9 cm³/mol. The molecule has 1 saturated heterocycles. The van der Waals surface area contributed by atoms with Crippen molar-refractivity contribution < 1.29 is 14.4 Å². The summed E-state index contributed by atoms with van der Waals surface area (Å²) in [4.78, 5) is 11.7. The molecule has 1 unspecified atom stereocenters. The molecule has 0 bridgehead atoms. The zero-order valence-electron chi connectivity index (χ0n) is 8.47. The minimum atomic E-state index is -0.844. The van der Waals surface area contributed by atoms with E-state index in [-0.39, 0.29) is 5.69 Å². The van der Waals surface area contributed by atoms with E-state index < -0.39 is 22.5 Å². The van der Waals surface area contributed by atoms with Gasteiger partial charge in [0.1, 0.15) is 5.69 Å². The van der Waals surface area contributed by atoms with Gasteiger partial charge in [-0.25, -0.2) is 0 Å². The second-order valence-corrected chi connectivity index (χ2v) is 3.75. The number of β-amino-alcohol motifs (C(OH)–C–C–N with tert-alkyl or cyclic N) is 1. The normalized spacial score (nSPS) is 20.1. The molecule has 2 rings (SSSR count). The Bertz CT molecular complexity index is 425. The van der Waals surface area contributed by atoms with Gasteiger partial charge in [-0.2, -0.15) is 4.39 Å². The topological polar surface area (TPSA) is 66.6 Å². The molecule has 0 radical (unpaired) electrons. The molecule has 1 fully saturated rings. The third kappa shape index (κ3) is 1.83. The lowest BCUT2D eigenvalue weighted by Crippen LogP contribution is -2.22. The van der Waals surface area contributed by atoms with Crippen LogP contribution in [0.5, 0.6) is 0 Å². The van der Waals surface area contributed by atoms with E-state index in [4.69, 9.17) is 0 Å². The van der Waals surface area contributed by atoms with Crippen LogP contribution in [-0.2, 0) is 0 Å². The summed E-state index contributed by atoms with van der Waals surface area (Å²) in [5, 5.41) is 20.1. The highest BCUT2D eigenvalue weighted by Crippen LogP contribution is 2.32. The molecule has 1 atom stereocenters. The van der Waals surface area contributed by atoms with Crippen LogP contribution in [0.1, 0.15) is 6.42 Å². The van der Waals surface area contributed by atoms with Gasteiger partial charge in [-0.05, 0) is 18.6 Å². The van der Waals surface area contributed by atoms with Crippen molar-refractivity contribution in [3.05, 3.63) is 34.1 Å². The molecule has 1 aliphatic rings. The van der Waals surface area contributed by atoms with Crippen LogP contribution in [0.4, 0.5) is 15.8 Å². The highest BCUT2D eigenvalue weighted by molar-refractivity contribution is 5.64. The molecule has 0 saturated carbocycles. The van der Waals surface area contributed by atoms with Crippen LogP contribution in [0.15, 0.2) is 18.2 Å². The maximum Gasteiger partial charge on any atom is 0.327 e. The van der Waals surface area contributed by atoms with Gasteiger partial charge >= 0.3 is 5.69 Å². The lowest BCUT2D eigenvalue weighted by molar-refractivity contribution is -0.386. The first-order valence-electron chi connectivity index (χ1n) is 4.95. The predicted octanol–water partition coefficient (Wildman–Crippen LogP) is 1.30. The molecule has 1 heterocycles. The van der Waals surface area contributed by atoms with E-state index >= 15 is 0 Å². The quantitative estimate of drug-likeness (QED) is 0.609. The van der Waals surface area contributed by atoms with Gasteiger partial charge in [0.05, 0.1) is 11.0 Å². The van der Waals surface area contributed by atoms with Crippen LogP contribution >= 0.6 is 0 Å². The highest BCUT2D eigenvalue weighted by Gasteiger charge is 2.28. The van der Waals surface area contributed by atoms with Crippen molar-refractivity contribution in [1.82, 2.24) is 0 Å². The largest absolute Gasteiger partial charge is 0.391 e. The molecule has 0 aromatic heterocycles. The maximum absolute atomic E-state index is 13.3. The Morgan fingerprint density at radius 3 is 2.88 bits per heavy atom. The Balaban J connectivity index is 2.40. The van der Waals surface area contributed by atoms with Gasteiger partial charge in [0, 0.05) is 13.1 Å². The summed E-state index contributed by atoms with van der Waals surface area (Å²) in [6.07, 6.45) is 0.0519. The summed E-state index contributed by atoms with van der Waals surface area (Å²) in [5.74, 6) is -0.844. The van der Waals surface area contributed by atoms with Crippen molar-refractivity contribution in [2.24, 2.45) is 0 Å². The number of aliphatic hydroxyl groups is 1. The smallest absolute Gasteiger partial charge is 0.327 e. The molecular weight excluding hydrogens is 215 g/mol. The van der Waals surface area contributed by atoms with E-state index in [0.29, 0.717) is 19.5 Å². The van der Waals surface area contributed by atoms with E-state index in [1.54, 1.807) is 4.90 Å². The number of para-hydroxylation sites is 1. The molecule has 16 heavy (non-hydrogen) atoms. The molecule has 0 aliphatic carbocycles. The van der Waals surface area contributed by atoms with Gasteiger partial charge in [0.25, 0.3) is 0 Å². The Labute approximate surface area is 91.3 Å². The van der Waals surface area contributed by atoms with E-state index in [9.17, 15) is 19.6 Å². The number of nitro benzene ring substituents is 1. The van der Waals surface area contributed by atoms with Crippen molar-refractivity contribution >= 4 is 11.4 Å². The lowest BCUT2D eigenvalue weighted by Gasteiger charge is -2.17. The maximum atomic E-state index is 13.3. The third-order valence-electron chi connectivity index (χ3n) is 2.65. The average Bonchev–Trinajstić information content (AvgIpc) is 2.63. The number of nitro groups is 1. The van der Waals surface area contributed by atoms with Crippen LogP contribution in [0.2, 0.25) is 0 Å². The molecule has 1 aromatic rings. The number of rotatable bonds is 2. The average molecular weight is 226 g/mol. The Morgan fingerprint density at radius 2 is 2.31 bits per heavy atom. The number of hydrogen-bond acceptors (Lipinski definition) is 4. The summed E-state index contributed by atoms with van der Waals surface area (Å²) in [6.45, 7) is 0.815. The number of anilines is 1. The van der Waals surface area contributed by atoms with Crippen LogP contribution in [0.25, 0.3) is 0 Å². The fraction of sp³-hybridized carbons (Fsp3) is 0.400. The number of aliphatic hydroxyl groups excluding tert-OH is 1. The fourth-order valence-electron chi connectivity index (χ4n) is 1.90. The van der Waals surface area contributed by atoms with Crippen molar-refractivity contribution in [2.75, 3.05) is 18.0 Å². The van der Waals surface area contributed by atoms with Gasteiger partial charge in [-0.3, -0.25) is 10.1 Å². The second kappa shape index (κ2) is 4.05. The van der Waals surface area contributed by atoms with E-state index in [0.717, 1.165) is 6.07 Å². The fourth-order valence-corrected chi connectivity index (χ4v) is 1.90. The summed E-state index contributed by atoms with van der Waals surface area (Å²) < 4.78 is 13.3. The van der Waals surface area contributed by atoms with E-state index in [2.05, 4.69) is 0 Å². The second-order valence-electron chi connectivity index (χ2n) is 3.75. The number of nitrogens with zero attached hydrogens (tertiary/aromatic N) is 2. The molecule has 86 valence electrons. The SMILES string of the molecule is O=[N+]([O-])c1c(F)cccc1N1CCC(O)C1. The van der Waals surface area contributed by atoms with Crippen molar-refractivity contribution in [3.63, 3.8) is 0 Å². The van der Waals surface area contributed by atoms with E-state index in [1.807, 2.05) is 0 Å². The Morgan fingerprint density at radius 1 is 1.56 bits per heavy atom. The highest BCUT2D eigenvalue weighted by atomic mass is 19.1. The number of halogens is 1. The standard InChI is InChI=1S/C10H11FN2O3/c11-8-2-1-3-9(10(8)13(15)16)12-5-4-7(14)6-12/h1-3,7,14H,4-6H2.